The summed E-state index contributed by atoms with van der Waals surface area (Å²) >= 11 is 0. The third-order valence-electron chi connectivity index (χ3n) is 8.57. The first kappa shape index (κ1) is 52.8. The van der Waals surface area contributed by atoms with E-state index in [9.17, 15) is 14.4 Å². The Morgan fingerprint density at radius 2 is 0.737 bits per heavy atom. The summed E-state index contributed by atoms with van der Waals surface area (Å²) in [5, 5.41) is 0. The van der Waals surface area contributed by atoms with E-state index >= 15 is 0 Å². The van der Waals surface area contributed by atoms with Crippen LogP contribution in [0.1, 0.15) is 162 Å². The van der Waals surface area contributed by atoms with Crippen LogP contribution in [0.25, 0.3) is 0 Å². The highest BCUT2D eigenvalue weighted by molar-refractivity contribution is 5.71. The van der Waals surface area contributed by atoms with E-state index in [0.717, 1.165) is 116 Å². The minimum atomic E-state index is -0.831. The molecule has 0 radical (unpaired) electrons. The minimum Gasteiger partial charge on any atom is -0.462 e. The maximum absolute atomic E-state index is 12.7. The third-order valence-corrected chi connectivity index (χ3v) is 8.57. The number of carbonyl (C=O) groups is 3. The highest BCUT2D eigenvalue weighted by Crippen LogP contribution is 2.11. The van der Waals surface area contributed by atoms with Gasteiger partial charge in [0.05, 0.1) is 0 Å². The zero-order valence-electron chi connectivity index (χ0n) is 36.0. The zero-order valence-corrected chi connectivity index (χ0v) is 36.0. The average molecular weight is 787 g/mol. The number of rotatable bonds is 37. The zero-order chi connectivity index (χ0) is 41.5. The summed E-state index contributed by atoms with van der Waals surface area (Å²) in [6.45, 7) is 6.13. The van der Waals surface area contributed by atoms with Crippen LogP contribution < -0.4 is 0 Å². The van der Waals surface area contributed by atoms with Gasteiger partial charge in [0.25, 0.3) is 0 Å². The SMILES string of the molecule is CC\C=C/C=C\C=C/C=C\C=C/CCCC(=O)OC(COC(=O)CCCCCC/C=C\C/C=C\C/C=C\CC)COC(=O)CCCCCCC/C=C\C/C=C\CC. The van der Waals surface area contributed by atoms with Crippen molar-refractivity contribution >= 4 is 17.9 Å². The van der Waals surface area contributed by atoms with Crippen molar-refractivity contribution < 1.29 is 28.6 Å². The average Bonchev–Trinajstić information content (AvgIpc) is 3.21. The van der Waals surface area contributed by atoms with E-state index in [1.165, 1.54) is 0 Å². The van der Waals surface area contributed by atoms with Crippen molar-refractivity contribution in [3.05, 3.63) is 122 Å². The molecule has 0 aliphatic rings. The first-order valence-corrected chi connectivity index (χ1v) is 22.1. The lowest BCUT2D eigenvalue weighted by molar-refractivity contribution is -0.167. The van der Waals surface area contributed by atoms with Gasteiger partial charge in [-0.3, -0.25) is 14.4 Å². The lowest BCUT2D eigenvalue weighted by atomic mass is 10.1. The molecule has 0 amide bonds. The molecule has 0 fully saturated rings. The Bertz CT molecular complexity index is 1270. The highest BCUT2D eigenvalue weighted by Gasteiger charge is 2.19. The fourth-order valence-corrected chi connectivity index (χ4v) is 5.34. The molecule has 0 rings (SSSR count). The van der Waals surface area contributed by atoms with E-state index in [2.05, 4.69) is 87.6 Å². The molecule has 0 bridgehead atoms. The van der Waals surface area contributed by atoms with Crippen molar-refractivity contribution in [3.63, 3.8) is 0 Å². The van der Waals surface area contributed by atoms with Gasteiger partial charge in [-0.15, -0.1) is 0 Å². The van der Waals surface area contributed by atoms with Gasteiger partial charge in [-0.2, -0.15) is 0 Å². The normalized spacial score (nSPS) is 13.2. The quantitative estimate of drug-likeness (QED) is 0.0205. The second-order valence-corrected chi connectivity index (χ2v) is 13.9. The van der Waals surface area contributed by atoms with E-state index in [1.54, 1.807) is 0 Å². The summed E-state index contributed by atoms with van der Waals surface area (Å²) in [6.07, 6.45) is 60.5. The van der Waals surface area contributed by atoms with Crippen LogP contribution in [0.15, 0.2) is 122 Å². The van der Waals surface area contributed by atoms with Gasteiger partial charge >= 0.3 is 17.9 Å². The number of hydrogen-bond donors (Lipinski definition) is 0. The number of carbonyl (C=O) groups excluding carboxylic acids is 3. The van der Waals surface area contributed by atoms with Gasteiger partial charge in [-0.05, 0) is 89.9 Å². The molecular weight excluding hydrogens is 709 g/mol. The van der Waals surface area contributed by atoms with Crippen molar-refractivity contribution in [3.8, 4) is 0 Å². The second-order valence-electron chi connectivity index (χ2n) is 13.9. The van der Waals surface area contributed by atoms with Crippen LogP contribution in [0.5, 0.6) is 0 Å². The van der Waals surface area contributed by atoms with Crippen LogP contribution in [-0.2, 0) is 28.6 Å². The molecule has 1 unspecified atom stereocenters. The molecule has 6 heteroatoms. The predicted molar refractivity (Wildman–Crippen MR) is 242 cm³/mol. The topological polar surface area (TPSA) is 78.9 Å². The lowest BCUT2D eigenvalue weighted by Gasteiger charge is -2.18. The van der Waals surface area contributed by atoms with Gasteiger partial charge < -0.3 is 14.2 Å². The largest absolute Gasteiger partial charge is 0.462 e. The molecule has 0 heterocycles. The molecule has 0 aliphatic carbocycles. The Labute approximate surface area is 348 Å². The van der Waals surface area contributed by atoms with Crippen LogP contribution >= 0.6 is 0 Å². The Morgan fingerprint density at radius 1 is 0.368 bits per heavy atom. The molecule has 57 heavy (non-hydrogen) atoms. The fraction of sp³-hybridized carbons (Fsp3) is 0.549. The number of allylic oxidation sites excluding steroid dienone is 20. The molecular formula is C51H78O6. The Hall–Kier alpha value is -4.19. The van der Waals surface area contributed by atoms with E-state index < -0.39 is 12.1 Å². The molecule has 0 saturated carbocycles. The van der Waals surface area contributed by atoms with Gasteiger partial charge in [-0.1, -0.05) is 174 Å². The van der Waals surface area contributed by atoms with Crippen LogP contribution in [0.2, 0.25) is 0 Å². The summed E-state index contributed by atoms with van der Waals surface area (Å²) in [6, 6.07) is 0. The summed E-state index contributed by atoms with van der Waals surface area (Å²) in [7, 11) is 0. The smallest absolute Gasteiger partial charge is 0.306 e. The number of unbranched alkanes of at least 4 members (excludes halogenated alkanes) is 10. The summed E-state index contributed by atoms with van der Waals surface area (Å²) in [5.74, 6) is -1.05. The lowest BCUT2D eigenvalue weighted by Crippen LogP contribution is -2.30. The number of ether oxygens (including phenoxy) is 3. The van der Waals surface area contributed by atoms with Crippen LogP contribution in [0.3, 0.4) is 0 Å². The van der Waals surface area contributed by atoms with E-state index in [4.69, 9.17) is 14.2 Å². The second kappa shape index (κ2) is 44.5. The van der Waals surface area contributed by atoms with Gasteiger partial charge in [-0.25, -0.2) is 0 Å². The summed E-state index contributed by atoms with van der Waals surface area (Å²) < 4.78 is 16.6. The minimum absolute atomic E-state index is 0.126. The molecule has 318 valence electrons. The molecule has 0 aromatic rings. The summed E-state index contributed by atoms with van der Waals surface area (Å²) in [4.78, 5) is 37.7. The highest BCUT2D eigenvalue weighted by atomic mass is 16.6. The van der Waals surface area contributed by atoms with E-state index in [1.807, 2.05) is 54.7 Å². The number of esters is 3. The molecule has 1 atom stereocenters. The van der Waals surface area contributed by atoms with Crippen molar-refractivity contribution in [1.29, 1.82) is 0 Å². The molecule has 0 aromatic heterocycles. The Morgan fingerprint density at radius 3 is 1.23 bits per heavy atom. The van der Waals surface area contributed by atoms with Gasteiger partial charge in [0.2, 0.25) is 0 Å². The van der Waals surface area contributed by atoms with Crippen LogP contribution in [-0.4, -0.2) is 37.2 Å². The van der Waals surface area contributed by atoms with Crippen LogP contribution in [0.4, 0.5) is 0 Å². The van der Waals surface area contributed by atoms with Crippen molar-refractivity contribution in [2.45, 2.75) is 168 Å². The van der Waals surface area contributed by atoms with Crippen molar-refractivity contribution in [2.24, 2.45) is 0 Å². The number of hydrogen-bond acceptors (Lipinski definition) is 6. The summed E-state index contributed by atoms with van der Waals surface area (Å²) in [5.41, 5.74) is 0. The first-order valence-electron chi connectivity index (χ1n) is 22.1. The standard InChI is InChI=1S/C51H78O6/c1-4-7-10-13-16-19-22-25-27-29-32-35-38-41-44-50(53)56-47-48(46-55-49(52)43-40-37-34-31-28-24-21-18-15-12-9-6-3)57-51(54)45-42-39-36-33-30-26-23-20-17-14-11-8-5-2/h7-12,14,16-21,23,25-27,30,33,36,48H,4-6,13,15,22,24,28-29,31-32,34-35,37-47H2,1-3H3/b10-7-,11-8-,12-9-,17-14-,19-16-,21-18-,23-20-,27-25-,30-26-,36-33-. The Balaban J connectivity index is 4.59. The van der Waals surface area contributed by atoms with E-state index in [0.29, 0.717) is 19.3 Å². The third kappa shape index (κ3) is 42.8. The van der Waals surface area contributed by atoms with Crippen LogP contribution in [0, 0.1) is 0 Å². The monoisotopic (exact) mass is 787 g/mol. The van der Waals surface area contributed by atoms with Gasteiger partial charge in [0.1, 0.15) is 13.2 Å². The van der Waals surface area contributed by atoms with Crippen molar-refractivity contribution in [1.82, 2.24) is 0 Å². The molecule has 0 N–H and O–H groups in total. The van der Waals surface area contributed by atoms with Gasteiger partial charge in [0.15, 0.2) is 6.10 Å². The van der Waals surface area contributed by atoms with Gasteiger partial charge in [0, 0.05) is 19.3 Å². The van der Waals surface area contributed by atoms with Crippen molar-refractivity contribution in [2.75, 3.05) is 13.2 Å². The van der Waals surface area contributed by atoms with E-state index in [-0.39, 0.29) is 31.6 Å². The molecule has 0 spiro atoms. The maximum Gasteiger partial charge on any atom is 0.306 e. The molecule has 0 saturated heterocycles. The molecule has 6 nitrogen and oxygen atoms in total. The Kier molecular flexibility index (Phi) is 41.3. The molecule has 0 aromatic carbocycles. The fourth-order valence-electron chi connectivity index (χ4n) is 5.34. The maximum atomic E-state index is 12.7. The predicted octanol–water partition coefficient (Wildman–Crippen LogP) is 14.2. The first-order chi connectivity index (χ1) is 28.0. The molecule has 0 aliphatic heterocycles.